The minimum atomic E-state index is -2.68. The van der Waals surface area contributed by atoms with E-state index in [2.05, 4.69) is 17.2 Å². The lowest BCUT2D eigenvalue weighted by Gasteiger charge is -2.19. The topological polar surface area (TPSA) is 55.4 Å². The number of carbonyl (C=O) groups excluding carboxylic acids is 2. The maximum atomic E-state index is 12.7. The van der Waals surface area contributed by atoms with Crippen molar-refractivity contribution in [1.29, 1.82) is 0 Å². The Kier molecular flexibility index (Phi) is 7.08. The molecule has 0 aromatic heterocycles. The van der Waals surface area contributed by atoms with E-state index in [4.69, 9.17) is 4.74 Å². The number of nitrogens with one attached hydrogen (secondary N) is 1. The molecule has 0 bridgehead atoms. The van der Waals surface area contributed by atoms with Gasteiger partial charge in [0.2, 0.25) is 6.43 Å². The predicted molar refractivity (Wildman–Crippen MR) is 89.3 cm³/mol. The molecule has 1 amide bonds. The Morgan fingerprint density at radius 1 is 1.28 bits per heavy atom. The van der Waals surface area contributed by atoms with Gasteiger partial charge in [-0.2, -0.15) is 0 Å². The van der Waals surface area contributed by atoms with Gasteiger partial charge < -0.3 is 14.8 Å². The van der Waals surface area contributed by atoms with Crippen LogP contribution in [-0.2, 0) is 9.53 Å². The van der Waals surface area contributed by atoms with Crippen LogP contribution in [0.25, 0.3) is 0 Å². The van der Waals surface area contributed by atoms with Crippen LogP contribution < -0.4 is 5.32 Å². The number of ether oxygens (including phenoxy) is 1. The molecule has 2 rings (SSSR count). The van der Waals surface area contributed by atoms with Gasteiger partial charge in [0, 0.05) is 36.2 Å². The summed E-state index contributed by atoms with van der Waals surface area (Å²) in [7, 11) is 0. The maximum absolute atomic E-state index is 12.7. The van der Waals surface area contributed by atoms with Crippen LogP contribution in [-0.4, -0.2) is 37.9 Å². The molecule has 1 heterocycles. The fourth-order valence-electron chi connectivity index (χ4n) is 2.41. The highest BCUT2D eigenvalue weighted by atomic mass is 19.3. The second kappa shape index (κ2) is 9.28. The summed E-state index contributed by atoms with van der Waals surface area (Å²) >= 11 is 0. The summed E-state index contributed by atoms with van der Waals surface area (Å²) in [5.74, 6) is 4.78. The Morgan fingerprint density at radius 2 is 1.92 bits per heavy atom. The molecule has 2 unspecified atom stereocenters. The first-order chi connectivity index (χ1) is 12.0. The van der Waals surface area contributed by atoms with E-state index >= 15 is 0 Å². The quantitative estimate of drug-likeness (QED) is 0.657. The predicted octanol–water partition coefficient (Wildman–Crippen LogP) is 2.66. The van der Waals surface area contributed by atoms with Crippen molar-refractivity contribution in [2.24, 2.45) is 11.8 Å². The van der Waals surface area contributed by atoms with Gasteiger partial charge in [0.15, 0.2) is 0 Å². The van der Waals surface area contributed by atoms with Gasteiger partial charge in [-0.25, -0.2) is 8.78 Å². The summed E-state index contributed by atoms with van der Waals surface area (Å²) in [6.07, 6.45) is -0.507. The van der Waals surface area contributed by atoms with E-state index in [0.29, 0.717) is 17.8 Å². The average molecular weight is 349 g/mol. The van der Waals surface area contributed by atoms with Crippen molar-refractivity contribution in [3.63, 3.8) is 0 Å². The van der Waals surface area contributed by atoms with Crippen molar-refractivity contribution < 1.29 is 23.1 Å². The fraction of sp³-hybridized carbons (Fsp3) is 0.474. The Balaban J connectivity index is 1.97. The van der Waals surface area contributed by atoms with E-state index in [1.807, 2.05) is 0 Å². The highest BCUT2D eigenvalue weighted by Crippen LogP contribution is 2.15. The van der Waals surface area contributed by atoms with E-state index in [9.17, 15) is 18.4 Å². The first-order valence-corrected chi connectivity index (χ1v) is 8.25. The second-order valence-corrected chi connectivity index (χ2v) is 6.06. The monoisotopic (exact) mass is 349 g/mol. The van der Waals surface area contributed by atoms with Gasteiger partial charge >= 0.3 is 0 Å². The molecule has 25 heavy (non-hydrogen) atoms. The lowest BCUT2D eigenvalue weighted by Crippen LogP contribution is -2.42. The molecule has 0 aliphatic carbocycles. The molecule has 6 heteroatoms. The van der Waals surface area contributed by atoms with Crippen LogP contribution in [0.15, 0.2) is 24.3 Å². The van der Waals surface area contributed by atoms with Crippen molar-refractivity contribution in [2.75, 3.05) is 13.2 Å². The summed E-state index contributed by atoms with van der Waals surface area (Å²) in [5.41, 5.74) is 1.07. The molecule has 1 aliphatic heterocycles. The Morgan fingerprint density at radius 3 is 2.48 bits per heavy atom. The maximum Gasteiger partial charge on any atom is 0.251 e. The molecule has 1 fully saturated rings. The number of halogens is 2. The summed E-state index contributed by atoms with van der Waals surface area (Å²) in [4.78, 5) is 23.0. The molecule has 0 spiro atoms. The smallest absolute Gasteiger partial charge is 0.251 e. The SMILES string of the molecule is CC(C(F)F)C(C=O)NC(=O)c1ccc(C#CC2CCOCC2)cc1. The van der Waals surface area contributed by atoms with E-state index in [1.54, 1.807) is 24.3 Å². The van der Waals surface area contributed by atoms with Crippen LogP contribution in [0.4, 0.5) is 8.78 Å². The first kappa shape index (κ1) is 19.1. The number of benzene rings is 1. The Hall–Kier alpha value is -2.26. The summed E-state index contributed by atoms with van der Waals surface area (Å²) in [6.45, 7) is 2.68. The molecule has 4 nitrogen and oxygen atoms in total. The van der Waals surface area contributed by atoms with Crippen LogP contribution >= 0.6 is 0 Å². The molecule has 1 aliphatic rings. The molecule has 134 valence electrons. The molecule has 0 saturated carbocycles. The van der Waals surface area contributed by atoms with Crippen molar-refractivity contribution >= 4 is 12.2 Å². The summed E-state index contributed by atoms with van der Waals surface area (Å²) < 4.78 is 30.6. The molecule has 1 saturated heterocycles. The van der Waals surface area contributed by atoms with Crippen molar-refractivity contribution in [1.82, 2.24) is 5.32 Å². The molecular formula is C19H21F2NO3. The molecule has 0 radical (unpaired) electrons. The molecule has 1 aromatic rings. The van der Waals surface area contributed by atoms with Gasteiger partial charge in [0.25, 0.3) is 5.91 Å². The van der Waals surface area contributed by atoms with Crippen molar-refractivity contribution in [3.05, 3.63) is 35.4 Å². The van der Waals surface area contributed by atoms with Crippen LogP contribution in [0.5, 0.6) is 0 Å². The fourth-order valence-corrected chi connectivity index (χ4v) is 2.41. The van der Waals surface area contributed by atoms with Crippen LogP contribution in [0.2, 0.25) is 0 Å². The summed E-state index contributed by atoms with van der Waals surface area (Å²) in [6, 6.07) is 5.32. The zero-order chi connectivity index (χ0) is 18.2. The van der Waals surface area contributed by atoms with Crippen molar-refractivity contribution in [2.45, 2.75) is 32.2 Å². The Bertz CT molecular complexity index is 643. The Labute approximate surface area is 145 Å². The van der Waals surface area contributed by atoms with E-state index in [1.165, 1.54) is 6.92 Å². The van der Waals surface area contributed by atoms with Crippen LogP contribution in [0.3, 0.4) is 0 Å². The molecular weight excluding hydrogens is 328 g/mol. The minimum Gasteiger partial charge on any atom is -0.381 e. The zero-order valence-corrected chi connectivity index (χ0v) is 14.0. The van der Waals surface area contributed by atoms with Crippen LogP contribution in [0, 0.1) is 23.7 Å². The van der Waals surface area contributed by atoms with Gasteiger partial charge in [-0.05, 0) is 37.1 Å². The molecule has 1 N–H and O–H groups in total. The van der Waals surface area contributed by atoms with Gasteiger partial charge in [-0.1, -0.05) is 18.8 Å². The molecule has 1 aromatic carbocycles. The van der Waals surface area contributed by atoms with Crippen molar-refractivity contribution in [3.8, 4) is 11.8 Å². The largest absolute Gasteiger partial charge is 0.381 e. The summed E-state index contributed by atoms with van der Waals surface area (Å²) in [5, 5.41) is 2.33. The number of amides is 1. The molecule has 2 atom stereocenters. The van der Waals surface area contributed by atoms with Gasteiger partial charge in [0.05, 0.1) is 6.04 Å². The number of alkyl halides is 2. The van der Waals surface area contributed by atoms with E-state index in [-0.39, 0.29) is 0 Å². The normalized spacial score (nSPS) is 17.3. The lowest BCUT2D eigenvalue weighted by molar-refractivity contribution is -0.111. The van der Waals surface area contributed by atoms with Gasteiger partial charge in [-0.15, -0.1) is 0 Å². The van der Waals surface area contributed by atoms with Gasteiger partial charge in [0.1, 0.15) is 6.29 Å². The number of carbonyl (C=O) groups is 2. The third kappa shape index (κ3) is 5.64. The second-order valence-electron chi connectivity index (χ2n) is 6.06. The highest BCUT2D eigenvalue weighted by Gasteiger charge is 2.26. The first-order valence-electron chi connectivity index (χ1n) is 8.25. The standard InChI is InChI=1S/C19H21F2NO3/c1-13(18(20)21)17(12-23)22-19(24)16-6-4-14(5-7-16)2-3-15-8-10-25-11-9-15/h4-7,12-13,15,17-18H,8-11H2,1H3,(H,22,24). The number of rotatable bonds is 5. The minimum absolute atomic E-state index is 0.296. The van der Waals surface area contributed by atoms with Gasteiger partial charge in [-0.3, -0.25) is 4.79 Å². The number of aldehydes is 1. The van der Waals surface area contributed by atoms with E-state index < -0.39 is 24.3 Å². The number of hydrogen-bond donors (Lipinski definition) is 1. The van der Waals surface area contributed by atoms with E-state index in [0.717, 1.165) is 31.6 Å². The highest BCUT2D eigenvalue weighted by molar-refractivity contribution is 5.95. The number of hydrogen-bond acceptors (Lipinski definition) is 3. The zero-order valence-electron chi connectivity index (χ0n) is 14.0. The third-order valence-corrected chi connectivity index (χ3v) is 4.20. The average Bonchev–Trinajstić information content (AvgIpc) is 2.64. The van der Waals surface area contributed by atoms with Crippen LogP contribution in [0.1, 0.15) is 35.7 Å². The lowest BCUT2D eigenvalue weighted by atomic mass is 10.0. The third-order valence-electron chi connectivity index (χ3n) is 4.20.